The number of carbonyl (C=O) groups is 1. The molecule has 3 heteroatoms. The highest BCUT2D eigenvalue weighted by Gasteiger charge is 2.21. The fraction of sp³-hybridized carbons (Fsp3) is 0.571. The molecule has 1 aromatic carbocycles. The van der Waals surface area contributed by atoms with E-state index in [1.807, 2.05) is 19.1 Å². The topological polar surface area (TPSA) is 35.5 Å². The molecule has 0 N–H and O–H groups in total. The van der Waals surface area contributed by atoms with Gasteiger partial charge in [0.15, 0.2) is 5.78 Å². The lowest BCUT2D eigenvalue weighted by atomic mass is 9.80. The lowest BCUT2D eigenvalue weighted by Crippen LogP contribution is -2.15. The zero-order chi connectivity index (χ0) is 26.7. The molecule has 1 aliphatic heterocycles. The van der Waals surface area contributed by atoms with Gasteiger partial charge in [0.05, 0.1) is 6.10 Å². The molecule has 1 saturated heterocycles. The second kappa shape index (κ2) is 14.7. The quantitative estimate of drug-likeness (QED) is 0.0957. The maximum atomic E-state index is 12.9. The van der Waals surface area contributed by atoms with Gasteiger partial charge in [0.2, 0.25) is 0 Å². The first-order valence-electron chi connectivity index (χ1n) is 15.1. The largest absolute Gasteiger partial charge is 0.491 e. The zero-order valence-corrected chi connectivity index (χ0v) is 23.6. The fourth-order valence-electron chi connectivity index (χ4n) is 5.80. The van der Waals surface area contributed by atoms with Crippen LogP contribution in [0.1, 0.15) is 94.2 Å². The van der Waals surface area contributed by atoms with Crippen LogP contribution in [0, 0.1) is 11.8 Å². The second-order valence-electron chi connectivity index (χ2n) is 11.7. The van der Waals surface area contributed by atoms with E-state index in [9.17, 15) is 4.79 Å². The first-order valence-corrected chi connectivity index (χ1v) is 15.1. The highest BCUT2D eigenvalue weighted by Crippen LogP contribution is 2.34. The summed E-state index contributed by atoms with van der Waals surface area (Å²) >= 11 is 0. The molecule has 0 bridgehead atoms. The molecule has 0 amide bonds. The minimum absolute atomic E-state index is 0.0474. The third kappa shape index (κ3) is 9.12. The molecule has 2 atom stereocenters. The number of ketones is 1. The Bertz CT molecular complexity index is 1020. The van der Waals surface area contributed by atoms with Gasteiger partial charge >= 0.3 is 0 Å². The number of carbonyl (C=O) groups excluding carboxylic acids is 1. The zero-order valence-electron chi connectivity index (χ0n) is 23.6. The van der Waals surface area contributed by atoms with E-state index < -0.39 is 0 Å². The number of fused-ring (bicyclic) bond motifs is 1. The highest BCUT2D eigenvalue weighted by atomic mass is 16.5. The van der Waals surface area contributed by atoms with Gasteiger partial charge < -0.3 is 9.47 Å². The molecule has 0 unspecified atom stereocenters. The van der Waals surface area contributed by atoms with Gasteiger partial charge in [-0.3, -0.25) is 4.79 Å². The summed E-state index contributed by atoms with van der Waals surface area (Å²) in [6, 6.07) is 7.19. The maximum absolute atomic E-state index is 12.9. The Hall–Kier alpha value is -2.39. The van der Waals surface area contributed by atoms with Crippen molar-refractivity contribution in [2.75, 3.05) is 13.2 Å². The average molecular weight is 517 g/mol. The van der Waals surface area contributed by atoms with Crippen LogP contribution in [0.25, 0.3) is 0 Å². The maximum Gasteiger partial charge on any atom is 0.187 e. The van der Waals surface area contributed by atoms with E-state index in [-0.39, 0.29) is 11.9 Å². The third-order valence-electron chi connectivity index (χ3n) is 8.54. The lowest BCUT2D eigenvalue weighted by Gasteiger charge is -2.25. The first kappa shape index (κ1) is 28.6. The number of allylic oxidation sites excluding steroid dienone is 5. The van der Waals surface area contributed by atoms with Gasteiger partial charge in [0, 0.05) is 12.2 Å². The van der Waals surface area contributed by atoms with E-state index in [0.717, 1.165) is 56.8 Å². The third-order valence-corrected chi connectivity index (χ3v) is 8.54. The number of hydrogen-bond acceptors (Lipinski definition) is 3. The smallest absolute Gasteiger partial charge is 0.187 e. The van der Waals surface area contributed by atoms with Crippen LogP contribution in [0.15, 0.2) is 66.5 Å². The van der Waals surface area contributed by atoms with Crippen LogP contribution in [0.3, 0.4) is 0 Å². The van der Waals surface area contributed by atoms with Crippen LogP contribution in [0.5, 0.6) is 0 Å². The fourth-order valence-corrected chi connectivity index (χ4v) is 5.80. The number of aryl methyl sites for hydroxylation is 2. The highest BCUT2D eigenvalue weighted by molar-refractivity contribution is 6.09. The van der Waals surface area contributed by atoms with Crippen LogP contribution in [-0.4, -0.2) is 25.1 Å². The van der Waals surface area contributed by atoms with Crippen molar-refractivity contribution in [2.45, 2.75) is 103 Å². The SMILES string of the molecule is C=C(/C=C\C(=C/C)OC[C@@H]1CCCO1)C(=O)C(=C)CC[C@H]1CCc2cc(CCCCCC3CC3)ccc2C1. The molecule has 206 valence electrons. The summed E-state index contributed by atoms with van der Waals surface area (Å²) in [5.74, 6) is 2.37. The van der Waals surface area contributed by atoms with Crippen LogP contribution >= 0.6 is 0 Å². The molecule has 1 saturated carbocycles. The molecular weight excluding hydrogens is 468 g/mol. The van der Waals surface area contributed by atoms with Gasteiger partial charge in [-0.2, -0.15) is 0 Å². The Morgan fingerprint density at radius 2 is 1.89 bits per heavy atom. The molecule has 0 spiro atoms. The minimum atomic E-state index is -0.0474. The Labute approximate surface area is 231 Å². The summed E-state index contributed by atoms with van der Waals surface area (Å²) in [5.41, 5.74) is 5.68. The van der Waals surface area contributed by atoms with Gasteiger partial charge in [-0.1, -0.05) is 63.5 Å². The number of Topliss-reactive ketones (excluding diaryl/α,β-unsaturated/α-hetero) is 1. The number of hydrogen-bond donors (Lipinski definition) is 0. The average Bonchev–Trinajstić information content (AvgIpc) is 3.62. The van der Waals surface area contributed by atoms with Gasteiger partial charge in [0.25, 0.3) is 0 Å². The predicted octanol–water partition coefficient (Wildman–Crippen LogP) is 8.42. The second-order valence-corrected chi connectivity index (χ2v) is 11.7. The van der Waals surface area contributed by atoms with E-state index >= 15 is 0 Å². The standard InChI is InChI=1S/C35H48O3/c1-4-33(38-25-34-11-8-22-37-34)21-13-27(3)35(36)26(2)12-14-30-18-20-31-23-29(17-19-32(31)24-30)10-7-5-6-9-28-15-16-28/h4,13,17,19,21,23,28,30,34H,2-3,5-12,14-16,18,20,22,24-25H2,1H3/b21-13-,33-4+/t30-,34-/m0/s1. The molecule has 38 heavy (non-hydrogen) atoms. The summed E-state index contributed by atoms with van der Waals surface area (Å²) in [5, 5.41) is 0. The van der Waals surface area contributed by atoms with Crippen molar-refractivity contribution in [1.82, 2.24) is 0 Å². The molecular formula is C35H48O3. The van der Waals surface area contributed by atoms with Gasteiger partial charge in [-0.25, -0.2) is 0 Å². The van der Waals surface area contributed by atoms with Crippen molar-refractivity contribution >= 4 is 5.78 Å². The molecule has 0 aromatic heterocycles. The van der Waals surface area contributed by atoms with Gasteiger partial charge in [-0.05, 0) is 117 Å². The van der Waals surface area contributed by atoms with Crippen LogP contribution in [-0.2, 0) is 33.5 Å². The van der Waals surface area contributed by atoms with Crippen LogP contribution in [0.4, 0.5) is 0 Å². The first-order chi connectivity index (χ1) is 18.5. The van der Waals surface area contributed by atoms with E-state index in [0.29, 0.717) is 23.7 Å². The predicted molar refractivity (Wildman–Crippen MR) is 157 cm³/mol. The normalized spacial score (nSPS) is 21.4. The minimum Gasteiger partial charge on any atom is -0.491 e. The van der Waals surface area contributed by atoms with Gasteiger partial charge in [-0.15, -0.1) is 0 Å². The summed E-state index contributed by atoms with van der Waals surface area (Å²) in [6.07, 6.45) is 22.7. The summed E-state index contributed by atoms with van der Waals surface area (Å²) in [6.45, 7) is 11.4. The van der Waals surface area contributed by atoms with Crippen molar-refractivity contribution in [1.29, 1.82) is 0 Å². The molecule has 0 radical (unpaired) electrons. The van der Waals surface area contributed by atoms with E-state index in [2.05, 4.69) is 31.4 Å². The number of benzene rings is 1. The van der Waals surface area contributed by atoms with E-state index in [1.54, 1.807) is 11.6 Å². The van der Waals surface area contributed by atoms with Crippen molar-refractivity contribution in [2.24, 2.45) is 11.8 Å². The summed E-state index contributed by atoms with van der Waals surface area (Å²) in [7, 11) is 0. The number of rotatable bonds is 16. The molecule has 3 nitrogen and oxygen atoms in total. The Kier molecular flexibility index (Phi) is 11.1. The van der Waals surface area contributed by atoms with Crippen molar-refractivity contribution in [3.05, 3.63) is 83.2 Å². The number of unbranched alkanes of at least 4 members (excludes halogenated alkanes) is 2. The monoisotopic (exact) mass is 516 g/mol. The Morgan fingerprint density at radius 3 is 2.66 bits per heavy atom. The molecule has 4 rings (SSSR count). The van der Waals surface area contributed by atoms with Crippen molar-refractivity contribution in [3.8, 4) is 0 Å². The van der Waals surface area contributed by atoms with E-state index in [1.165, 1.54) is 62.5 Å². The molecule has 1 aromatic rings. The van der Waals surface area contributed by atoms with Gasteiger partial charge in [0.1, 0.15) is 12.4 Å². The molecule has 2 fully saturated rings. The van der Waals surface area contributed by atoms with Crippen molar-refractivity contribution in [3.63, 3.8) is 0 Å². The summed E-state index contributed by atoms with van der Waals surface area (Å²) in [4.78, 5) is 12.9. The van der Waals surface area contributed by atoms with Crippen LogP contribution < -0.4 is 0 Å². The van der Waals surface area contributed by atoms with E-state index in [4.69, 9.17) is 9.47 Å². The molecule has 1 heterocycles. The van der Waals surface area contributed by atoms with Crippen LogP contribution in [0.2, 0.25) is 0 Å². The molecule has 2 aliphatic carbocycles. The Balaban J connectivity index is 1.15. The Morgan fingerprint density at radius 1 is 1.03 bits per heavy atom. The lowest BCUT2D eigenvalue weighted by molar-refractivity contribution is -0.112. The van der Waals surface area contributed by atoms with Crippen molar-refractivity contribution < 1.29 is 14.3 Å². The summed E-state index contributed by atoms with van der Waals surface area (Å²) < 4.78 is 11.5. The number of ether oxygens (including phenoxy) is 2. The molecule has 3 aliphatic rings.